The Labute approximate surface area is 148 Å². The second-order valence-corrected chi connectivity index (χ2v) is 7.86. The SMILES string of the molecule is Cc1nnc(CN2C[C@@H](CO)[C@H](c3cnn(C(C)C)c3)C2)n1C1CC1. The van der Waals surface area contributed by atoms with Gasteiger partial charge in [-0.2, -0.15) is 5.10 Å². The monoisotopic (exact) mass is 344 g/mol. The zero-order valence-corrected chi connectivity index (χ0v) is 15.3. The largest absolute Gasteiger partial charge is 0.396 e. The molecule has 25 heavy (non-hydrogen) atoms. The first kappa shape index (κ1) is 16.7. The van der Waals surface area contributed by atoms with Gasteiger partial charge in [0.05, 0.1) is 12.7 Å². The van der Waals surface area contributed by atoms with Crippen molar-refractivity contribution < 1.29 is 5.11 Å². The van der Waals surface area contributed by atoms with E-state index in [2.05, 4.69) is 44.8 Å². The summed E-state index contributed by atoms with van der Waals surface area (Å²) in [5.74, 6) is 2.67. The minimum Gasteiger partial charge on any atom is -0.396 e. The van der Waals surface area contributed by atoms with Gasteiger partial charge < -0.3 is 9.67 Å². The molecule has 2 atom stereocenters. The predicted octanol–water partition coefficient (Wildman–Crippen LogP) is 1.91. The molecule has 0 spiro atoms. The molecule has 0 unspecified atom stereocenters. The molecular formula is C18H28N6O. The molecule has 2 aromatic heterocycles. The van der Waals surface area contributed by atoms with Crippen LogP contribution in [0.25, 0.3) is 0 Å². The Hall–Kier alpha value is -1.73. The van der Waals surface area contributed by atoms with E-state index in [0.717, 1.165) is 31.3 Å². The third kappa shape index (κ3) is 3.22. The topological polar surface area (TPSA) is 72.0 Å². The van der Waals surface area contributed by atoms with E-state index in [1.165, 1.54) is 18.4 Å². The molecular weight excluding hydrogens is 316 g/mol. The molecule has 3 heterocycles. The van der Waals surface area contributed by atoms with Gasteiger partial charge in [0.1, 0.15) is 11.6 Å². The maximum Gasteiger partial charge on any atom is 0.147 e. The molecule has 136 valence electrons. The molecule has 4 rings (SSSR count). The number of likely N-dealkylation sites (tertiary alicyclic amines) is 1. The number of rotatable bonds is 6. The number of hydrogen-bond acceptors (Lipinski definition) is 5. The lowest BCUT2D eigenvalue weighted by Gasteiger charge is -2.16. The van der Waals surface area contributed by atoms with Gasteiger partial charge in [-0.3, -0.25) is 9.58 Å². The maximum absolute atomic E-state index is 9.87. The first-order valence-corrected chi connectivity index (χ1v) is 9.34. The Balaban J connectivity index is 1.49. The quantitative estimate of drug-likeness (QED) is 0.867. The van der Waals surface area contributed by atoms with E-state index in [4.69, 9.17) is 0 Å². The molecule has 0 radical (unpaired) electrons. The lowest BCUT2D eigenvalue weighted by molar-refractivity contribution is 0.212. The van der Waals surface area contributed by atoms with Crippen molar-refractivity contribution in [1.82, 2.24) is 29.4 Å². The molecule has 2 aliphatic rings. The van der Waals surface area contributed by atoms with Crippen LogP contribution in [0.2, 0.25) is 0 Å². The summed E-state index contributed by atoms with van der Waals surface area (Å²) in [4.78, 5) is 2.40. The lowest BCUT2D eigenvalue weighted by atomic mass is 9.92. The summed E-state index contributed by atoms with van der Waals surface area (Å²) in [5, 5.41) is 23.0. The van der Waals surface area contributed by atoms with Gasteiger partial charge in [0.25, 0.3) is 0 Å². The molecule has 1 saturated heterocycles. The fraction of sp³-hybridized carbons (Fsp3) is 0.722. The van der Waals surface area contributed by atoms with E-state index in [1.54, 1.807) is 0 Å². The fourth-order valence-electron chi connectivity index (χ4n) is 4.01. The molecule has 2 fully saturated rings. The van der Waals surface area contributed by atoms with Crippen LogP contribution in [0.3, 0.4) is 0 Å². The van der Waals surface area contributed by atoms with Gasteiger partial charge in [-0.15, -0.1) is 10.2 Å². The molecule has 1 aliphatic carbocycles. The summed E-state index contributed by atoms with van der Waals surface area (Å²) in [6.07, 6.45) is 6.58. The second-order valence-electron chi connectivity index (χ2n) is 7.86. The van der Waals surface area contributed by atoms with Crippen LogP contribution in [0, 0.1) is 12.8 Å². The van der Waals surface area contributed by atoms with Gasteiger partial charge in [-0.05, 0) is 39.2 Å². The molecule has 1 aliphatic heterocycles. The van der Waals surface area contributed by atoms with Crippen molar-refractivity contribution in [2.45, 2.75) is 58.2 Å². The smallest absolute Gasteiger partial charge is 0.147 e. The summed E-state index contributed by atoms with van der Waals surface area (Å²) >= 11 is 0. The third-order valence-electron chi connectivity index (χ3n) is 5.54. The van der Waals surface area contributed by atoms with Crippen molar-refractivity contribution >= 4 is 0 Å². The summed E-state index contributed by atoms with van der Waals surface area (Å²) < 4.78 is 4.30. The molecule has 0 bridgehead atoms. The number of aliphatic hydroxyl groups excluding tert-OH is 1. The van der Waals surface area contributed by atoms with Crippen molar-refractivity contribution in [3.05, 3.63) is 29.6 Å². The maximum atomic E-state index is 9.87. The van der Waals surface area contributed by atoms with Crippen LogP contribution in [-0.2, 0) is 6.54 Å². The van der Waals surface area contributed by atoms with E-state index >= 15 is 0 Å². The molecule has 0 aromatic carbocycles. The molecule has 1 N–H and O–H groups in total. The highest BCUT2D eigenvalue weighted by Crippen LogP contribution is 2.38. The first-order chi connectivity index (χ1) is 12.1. The van der Waals surface area contributed by atoms with E-state index < -0.39 is 0 Å². The summed E-state index contributed by atoms with van der Waals surface area (Å²) in [6, 6.07) is 0.959. The van der Waals surface area contributed by atoms with Crippen LogP contribution in [-0.4, -0.2) is 54.2 Å². The normalized spacial score (nSPS) is 24.5. The average Bonchev–Trinajstić information content (AvgIpc) is 3.01. The van der Waals surface area contributed by atoms with Crippen molar-refractivity contribution in [3.8, 4) is 0 Å². The van der Waals surface area contributed by atoms with E-state index in [-0.39, 0.29) is 12.5 Å². The van der Waals surface area contributed by atoms with Crippen molar-refractivity contribution in [3.63, 3.8) is 0 Å². The summed E-state index contributed by atoms with van der Waals surface area (Å²) in [7, 11) is 0. The third-order valence-corrected chi connectivity index (χ3v) is 5.54. The number of hydrogen-bond donors (Lipinski definition) is 1. The summed E-state index contributed by atoms with van der Waals surface area (Å²) in [5.41, 5.74) is 1.23. The van der Waals surface area contributed by atoms with Gasteiger partial charge in [0, 0.05) is 49.8 Å². The molecule has 0 amide bonds. The van der Waals surface area contributed by atoms with Crippen molar-refractivity contribution in [2.75, 3.05) is 19.7 Å². The number of nitrogens with zero attached hydrogens (tertiary/aromatic N) is 6. The number of aliphatic hydroxyl groups is 1. The Bertz CT molecular complexity index is 732. The van der Waals surface area contributed by atoms with Gasteiger partial charge in [0.15, 0.2) is 0 Å². The van der Waals surface area contributed by atoms with Crippen molar-refractivity contribution in [1.29, 1.82) is 0 Å². The Kier molecular flexibility index (Phi) is 4.37. The second kappa shape index (κ2) is 6.53. The van der Waals surface area contributed by atoms with Gasteiger partial charge in [-0.1, -0.05) is 0 Å². The van der Waals surface area contributed by atoms with E-state index in [0.29, 0.717) is 18.0 Å². The Morgan fingerprint density at radius 3 is 2.68 bits per heavy atom. The molecule has 2 aromatic rings. The zero-order valence-electron chi connectivity index (χ0n) is 15.3. The minimum atomic E-state index is 0.211. The van der Waals surface area contributed by atoms with E-state index in [1.807, 2.05) is 17.8 Å². The zero-order chi connectivity index (χ0) is 17.6. The van der Waals surface area contributed by atoms with Crippen LogP contribution in [0.1, 0.15) is 61.9 Å². The Morgan fingerprint density at radius 2 is 2.04 bits per heavy atom. The minimum absolute atomic E-state index is 0.211. The van der Waals surface area contributed by atoms with Crippen LogP contribution in [0.5, 0.6) is 0 Å². The highest BCUT2D eigenvalue weighted by atomic mass is 16.3. The lowest BCUT2D eigenvalue weighted by Crippen LogP contribution is -2.23. The number of aryl methyl sites for hydroxylation is 1. The van der Waals surface area contributed by atoms with Crippen LogP contribution >= 0.6 is 0 Å². The van der Waals surface area contributed by atoms with Gasteiger partial charge in [0.2, 0.25) is 0 Å². The van der Waals surface area contributed by atoms with Crippen LogP contribution < -0.4 is 0 Å². The average molecular weight is 344 g/mol. The van der Waals surface area contributed by atoms with Crippen LogP contribution in [0.4, 0.5) is 0 Å². The van der Waals surface area contributed by atoms with Gasteiger partial charge >= 0.3 is 0 Å². The van der Waals surface area contributed by atoms with Crippen molar-refractivity contribution in [2.24, 2.45) is 5.92 Å². The highest BCUT2D eigenvalue weighted by Gasteiger charge is 2.36. The highest BCUT2D eigenvalue weighted by molar-refractivity contribution is 5.17. The number of aromatic nitrogens is 5. The Morgan fingerprint density at radius 1 is 1.24 bits per heavy atom. The standard InChI is InChI=1S/C18H28N6O/c1-12(2)23-8-14(6-19-23)17-9-22(7-15(17)11-25)10-18-21-20-13(3)24(18)16-4-5-16/h6,8,12,15-17,25H,4-5,7,9-11H2,1-3H3/t15-,17-/m0/s1. The van der Waals surface area contributed by atoms with Crippen LogP contribution in [0.15, 0.2) is 12.4 Å². The summed E-state index contributed by atoms with van der Waals surface area (Å²) in [6.45, 7) is 9.16. The fourth-order valence-corrected chi connectivity index (χ4v) is 4.01. The van der Waals surface area contributed by atoms with E-state index in [9.17, 15) is 5.11 Å². The molecule has 7 heteroatoms. The first-order valence-electron chi connectivity index (χ1n) is 9.34. The molecule has 1 saturated carbocycles. The molecule has 7 nitrogen and oxygen atoms in total. The van der Waals surface area contributed by atoms with Gasteiger partial charge in [-0.25, -0.2) is 0 Å². The predicted molar refractivity (Wildman–Crippen MR) is 94.2 cm³/mol.